The zero-order valence-electron chi connectivity index (χ0n) is 15.3. The van der Waals surface area contributed by atoms with E-state index >= 15 is 0 Å². The molecule has 0 amide bonds. The van der Waals surface area contributed by atoms with Gasteiger partial charge in [0, 0.05) is 35.7 Å². The molecule has 0 aliphatic carbocycles. The van der Waals surface area contributed by atoms with Gasteiger partial charge in [0.1, 0.15) is 12.0 Å². The summed E-state index contributed by atoms with van der Waals surface area (Å²) < 4.78 is 7.39. The van der Waals surface area contributed by atoms with Crippen molar-refractivity contribution in [1.82, 2.24) is 4.57 Å². The van der Waals surface area contributed by atoms with Crippen LogP contribution in [0.4, 0.5) is 0 Å². The van der Waals surface area contributed by atoms with E-state index in [-0.39, 0.29) is 12.0 Å². The van der Waals surface area contributed by atoms with Gasteiger partial charge in [-0.2, -0.15) is 0 Å². The molecular weight excluding hydrogens is 362 g/mol. The van der Waals surface area contributed by atoms with Crippen LogP contribution in [0.25, 0.3) is 21.9 Å². The Morgan fingerprint density at radius 2 is 2.04 bits per heavy atom. The fraction of sp³-hybridized carbons (Fsp3) is 0.273. The highest BCUT2D eigenvalue weighted by atomic mass is 35.5. The molecule has 27 heavy (non-hydrogen) atoms. The molecule has 0 bridgehead atoms. The molecule has 5 heteroatoms. The van der Waals surface area contributed by atoms with Crippen molar-refractivity contribution in [2.24, 2.45) is 7.05 Å². The molecule has 0 fully saturated rings. The summed E-state index contributed by atoms with van der Waals surface area (Å²) in [7, 11) is 1.70. The lowest BCUT2D eigenvalue weighted by molar-refractivity contribution is -0.107. The van der Waals surface area contributed by atoms with Crippen LogP contribution in [0.1, 0.15) is 23.2 Å². The maximum absolute atomic E-state index is 12.8. The number of nitrogens with zero attached hydrogens (tertiary/aromatic N) is 1. The Bertz CT molecular complexity index is 1130. The molecule has 4 nitrogen and oxygen atoms in total. The highest BCUT2D eigenvalue weighted by Gasteiger charge is 2.22. The maximum Gasteiger partial charge on any atom is 0.258 e. The summed E-state index contributed by atoms with van der Waals surface area (Å²) in [5.74, 6) is 0.715. The molecule has 0 radical (unpaired) electrons. The average molecular weight is 382 g/mol. The Morgan fingerprint density at radius 3 is 2.81 bits per heavy atom. The van der Waals surface area contributed by atoms with Crippen LogP contribution < -0.4 is 10.3 Å². The smallest absolute Gasteiger partial charge is 0.258 e. The Kier molecular flexibility index (Phi) is 4.52. The molecule has 3 aromatic rings. The summed E-state index contributed by atoms with van der Waals surface area (Å²) in [5.41, 5.74) is 4.29. The van der Waals surface area contributed by atoms with Crippen molar-refractivity contribution in [1.29, 1.82) is 0 Å². The first-order valence-electron chi connectivity index (χ1n) is 9.03. The summed E-state index contributed by atoms with van der Waals surface area (Å²) in [4.78, 5) is 24.2. The monoisotopic (exact) mass is 381 g/mol. The standard InChI is InChI=1S/C22H20ClNO3/c1-13-5-7-15-17(12-13)19(18(9-10-25)24(2)22(15)26)16-8-6-14-4-3-11-27-21(14)20(16)23/h5-8,10,12H,3-4,9,11H2,1-2H3. The fourth-order valence-electron chi connectivity index (χ4n) is 3.88. The predicted molar refractivity (Wildman–Crippen MR) is 108 cm³/mol. The Labute approximate surface area is 162 Å². The third-order valence-electron chi connectivity index (χ3n) is 5.23. The molecule has 4 rings (SSSR count). The molecule has 0 saturated carbocycles. The quantitative estimate of drug-likeness (QED) is 0.638. The van der Waals surface area contributed by atoms with E-state index in [0.717, 1.165) is 46.8 Å². The number of aryl methyl sites for hydroxylation is 2. The summed E-state index contributed by atoms with van der Waals surface area (Å²) in [5, 5.41) is 1.97. The highest BCUT2D eigenvalue weighted by molar-refractivity contribution is 6.35. The molecule has 2 heterocycles. The minimum absolute atomic E-state index is 0.115. The summed E-state index contributed by atoms with van der Waals surface area (Å²) >= 11 is 6.76. The largest absolute Gasteiger partial charge is 0.492 e. The number of hydrogen-bond donors (Lipinski definition) is 0. The average Bonchev–Trinajstić information content (AvgIpc) is 2.67. The van der Waals surface area contributed by atoms with Crippen molar-refractivity contribution in [2.45, 2.75) is 26.2 Å². The van der Waals surface area contributed by atoms with Crippen molar-refractivity contribution in [3.8, 4) is 16.9 Å². The van der Waals surface area contributed by atoms with E-state index in [9.17, 15) is 9.59 Å². The zero-order chi connectivity index (χ0) is 19.1. The highest BCUT2D eigenvalue weighted by Crippen LogP contribution is 2.43. The predicted octanol–water partition coefficient (Wildman–Crippen LogP) is 4.23. The van der Waals surface area contributed by atoms with Gasteiger partial charge in [-0.05, 0) is 36.8 Å². The van der Waals surface area contributed by atoms with E-state index in [1.165, 1.54) is 0 Å². The number of pyridine rings is 1. The van der Waals surface area contributed by atoms with Crippen molar-refractivity contribution in [3.63, 3.8) is 0 Å². The number of halogens is 1. The number of carbonyl (C=O) groups is 1. The summed E-state index contributed by atoms with van der Waals surface area (Å²) in [6, 6.07) is 9.75. The van der Waals surface area contributed by atoms with Gasteiger partial charge in [-0.1, -0.05) is 41.4 Å². The van der Waals surface area contributed by atoms with Gasteiger partial charge in [0.05, 0.1) is 11.6 Å². The number of hydrogen-bond acceptors (Lipinski definition) is 3. The van der Waals surface area contributed by atoms with Crippen molar-refractivity contribution in [3.05, 3.63) is 62.5 Å². The van der Waals surface area contributed by atoms with E-state index in [1.54, 1.807) is 11.6 Å². The van der Waals surface area contributed by atoms with Gasteiger partial charge < -0.3 is 14.1 Å². The lowest BCUT2D eigenvalue weighted by Crippen LogP contribution is -2.22. The lowest BCUT2D eigenvalue weighted by Gasteiger charge is -2.22. The summed E-state index contributed by atoms with van der Waals surface area (Å²) in [6.45, 7) is 2.63. The van der Waals surface area contributed by atoms with E-state index in [1.807, 2.05) is 37.3 Å². The zero-order valence-corrected chi connectivity index (χ0v) is 16.1. The van der Waals surface area contributed by atoms with Gasteiger partial charge in [0.2, 0.25) is 0 Å². The molecule has 138 valence electrons. The first kappa shape index (κ1) is 17.8. The molecule has 0 atom stereocenters. The lowest BCUT2D eigenvalue weighted by atomic mass is 9.92. The Hall–Kier alpha value is -2.59. The van der Waals surface area contributed by atoms with Crippen LogP contribution in [-0.4, -0.2) is 17.5 Å². The molecule has 2 aromatic carbocycles. The van der Waals surface area contributed by atoms with Gasteiger partial charge in [-0.3, -0.25) is 4.79 Å². The first-order chi connectivity index (χ1) is 13.0. The van der Waals surface area contributed by atoms with E-state index in [0.29, 0.717) is 28.5 Å². The molecular formula is C22H20ClNO3. The van der Waals surface area contributed by atoms with Crippen LogP contribution in [0, 0.1) is 6.92 Å². The van der Waals surface area contributed by atoms with Crippen LogP contribution in [-0.2, 0) is 24.7 Å². The Morgan fingerprint density at radius 1 is 1.22 bits per heavy atom. The van der Waals surface area contributed by atoms with Gasteiger partial charge in [-0.25, -0.2) is 0 Å². The molecule has 1 aliphatic heterocycles. The molecule has 0 saturated heterocycles. The molecule has 0 spiro atoms. The first-order valence-corrected chi connectivity index (χ1v) is 9.41. The van der Waals surface area contributed by atoms with Crippen LogP contribution in [0.2, 0.25) is 5.02 Å². The second-order valence-electron chi connectivity index (χ2n) is 6.97. The van der Waals surface area contributed by atoms with Gasteiger partial charge in [0.25, 0.3) is 5.56 Å². The second kappa shape index (κ2) is 6.86. The third-order valence-corrected chi connectivity index (χ3v) is 5.61. The number of carbonyl (C=O) groups excluding carboxylic acids is 1. The SMILES string of the molecule is Cc1ccc2c(=O)n(C)c(CC=O)c(-c3ccc4c(c3Cl)OCCC4)c2c1. The number of aldehydes is 1. The van der Waals surface area contributed by atoms with Crippen LogP contribution >= 0.6 is 11.6 Å². The van der Waals surface area contributed by atoms with E-state index in [4.69, 9.17) is 16.3 Å². The fourth-order valence-corrected chi connectivity index (χ4v) is 4.21. The van der Waals surface area contributed by atoms with Crippen LogP contribution in [0.3, 0.4) is 0 Å². The second-order valence-corrected chi connectivity index (χ2v) is 7.35. The minimum atomic E-state index is -0.115. The van der Waals surface area contributed by atoms with E-state index in [2.05, 4.69) is 0 Å². The Balaban J connectivity index is 2.14. The molecule has 1 aliphatic rings. The normalized spacial score (nSPS) is 13.3. The van der Waals surface area contributed by atoms with Gasteiger partial charge >= 0.3 is 0 Å². The third kappa shape index (κ3) is 2.85. The van der Waals surface area contributed by atoms with Crippen molar-refractivity contribution < 1.29 is 9.53 Å². The van der Waals surface area contributed by atoms with Crippen molar-refractivity contribution in [2.75, 3.05) is 6.61 Å². The molecule has 1 aromatic heterocycles. The number of fused-ring (bicyclic) bond motifs is 2. The van der Waals surface area contributed by atoms with E-state index < -0.39 is 0 Å². The number of aromatic nitrogens is 1. The number of benzene rings is 2. The minimum Gasteiger partial charge on any atom is -0.492 e. The van der Waals surface area contributed by atoms with Crippen LogP contribution in [0.5, 0.6) is 5.75 Å². The topological polar surface area (TPSA) is 48.3 Å². The molecule has 0 N–H and O–H groups in total. The molecule has 0 unspecified atom stereocenters. The van der Waals surface area contributed by atoms with Gasteiger partial charge in [0.15, 0.2) is 0 Å². The number of rotatable bonds is 3. The number of ether oxygens (including phenoxy) is 1. The maximum atomic E-state index is 12.8. The van der Waals surface area contributed by atoms with Gasteiger partial charge in [-0.15, -0.1) is 0 Å². The van der Waals surface area contributed by atoms with Crippen LogP contribution in [0.15, 0.2) is 35.1 Å². The summed E-state index contributed by atoms with van der Waals surface area (Å²) in [6.07, 6.45) is 2.87. The van der Waals surface area contributed by atoms with Crippen molar-refractivity contribution >= 4 is 28.7 Å².